The Morgan fingerprint density at radius 1 is 1.80 bits per heavy atom. The summed E-state index contributed by atoms with van der Waals surface area (Å²) >= 11 is 0. The maximum absolute atomic E-state index is 8.39. The van der Waals surface area contributed by atoms with E-state index in [4.69, 9.17) is 10.9 Å². The number of nitrogens with one attached hydrogen (secondary N) is 1. The molecule has 0 amide bonds. The first kappa shape index (κ1) is 11.5. The fourth-order valence-electron chi connectivity index (χ4n) is 1.26. The Bertz CT molecular complexity index is 333. The molecule has 4 N–H and O–H groups in total. The van der Waals surface area contributed by atoms with E-state index in [1.54, 1.807) is 4.68 Å². The van der Waals surface area contributed by atoms with E-state index in [1.807, 2.05) is 26.2 Å². The van der Waals surface area contributed by atoms with Gasteiger partial charge < -0.3 is 16.3 Å². The first-order valence-electron chi connectivity index (χ1n) is 4.80. The third kappa shape index (κ3) is 3.99. The summed E-state index contributed by atoms with van der Waals surface area (Å²) < 4.78 is 1.76. The monoisotopic (exact) mass is 211 g/mol. The predicted octanol–water partition coefficient (Wildman–Crippen LogP) is 0.0347. The van der Waals surface area contributed by atoms with Crippen LogP contribution in [0.3, 0.4) is 0 Å². The van der Waals surface area contributed by atoms with Crippen LogP contribution in [0.25, 0.3) is 0 Å². The number of aryl methyl sites for hydroxylation is 1. The summed E-state index contributed by atoms with van der Waals surface area (Å²) in [6.07, 6.45) is 2.41. The lowest BCUT2D eigenvalue weighted by molar-refractivity contribution is 0.315. The highest BCUT2D eigenvalue weighted by Crippen LogP contribution is 1.96. The maximum atomic E-state index is 8.39. The minimum Gasteiger partial charge on any atom is -0.409 e. The molecule has 0 saturated heterocycles. The highest BCUT2D eigenvalue weighted by atomic mass is 16.4. The smallest absolute Gasteiger partial charge is 0.140 e. The van der Waals surface area contributed by atoms with E-state index in [0.717, 1.165) is 5.69 Å². The average Bonchev–Trinajstić information content (AvgIpc) is 2.61. The number of nitrogens with zero attached hydrogens (tertiary/aromatic N) is 3. The summed E-state index contributed by atoms with van der Waals surface area (Å²) in [6.45, 7) is 2.65. The van der Waals surface area contributed by atoms with E-state index in [-0.39, 0.29) is 11.9 Å². The van der Waals surface area contributed by atoms with Gasteiger partial charge in [0.05, 0.1) is 5.69 Å². The molecule has 0 spiro atoms. The van der Waals surface area contributed by atoms with Gasteiger partial charge in [0.2, 0.25) is 0 Å². The number of amidine groups is 1. The Labute approximate surface area is 88.8 Å². The van der Waals surface area contributed by atoms with Crippen molar-refractivity contribution in [2.75, 3.05) is 0 Å². The minimum atomic E-state index is 0.155. The number of hydrogen-bond acceptors (Lipinski definition) is 4. The Hall–Kier alpha value is -1.56. The fraction of sp³-hybridized carbons (Fsp3) is 0.556. The first-order valence-corrected chi connectivity index (χ1v) is 4.80. The lowest BCUT2D eigenvalue weighted by Crippen LogP contribution is -2.30. The van der Waals surface area contributed by atoms with Crippen LogP contribution in [0.15, 0.2) is 17.4 Å². The van der Waals surface area contributed by atoms with Crippen molar-refractivity contribution in [2.45, 2.75) is 25.9 Å². The highest BCUT2D eigenvalue weighted by Gasteiger charge is 2.05. The second-order valence-electron chi connectivity index (χ2n) is 3.56. The lowest BCUT2D eigenvalue weighted by Gasteiger charge is -2.11. The molecule has 1 aromatic rings. The first-order chi connectivity index (χ1) is 7.11. The van der Waals surface area contributed by atoms with Gasteiger partial charge in [0, 0.05) is 32.3 Å². The summed E-state index contributed by atoms with van der Waals surface area (Å²) in [6, 6.07) is 2.10. The minimum absolute atomic E-state index is 0.155. The van der Waals surface area contributed by atoms with Crippen LogP contribution in [-0.4, -0.2) is 26.9 Å². The molecule has 1 aromatic heterocycles. The van der Waals surface area contributed by atoms with E-state index in [2.05, 4.69) is 15.6 Å². The van der Waals surface area contributed by atoms with E-state index >= 15 is 0 Å². The topological polar surface area (TPSA) is 88.5 Å². The lowest BCUT2D eigenvalue weighted by atomic mass is 10.2. The van der Waals surface area contributed by atoms with E-state index in [1.165, 1.54) is 0 Å². The Morgan fingerprint density at radius 2 is 2.53 bits per heavy atom. The Balaban J connectivity index is 2.31. The molecule has 0 aromatic carbocycles. The molecule has 1 unspecified atom stereocenters. The van der Waals surface area contributed by atoms with Crippen molar-refractivity contribution in [3.63, 3.8) is 0 Å². The fourth-order valence-corrected chi connectivity index (χ4v) is 1.26. The molecule has 0 aliphatic heterocycles. The van der Waals surface area contributed by atoms with Gasteiger partial charge >= 0.3 is 0 Å². The summed E-state index contributed by atoms with van der Waals surface area (Å²) in [7, 11) is 1.88. The van der Waals surface area contributed by atoms with Crippen LogP contribution >= 0.6 is 0 Å². The zero-order chi connectivity index (χ0) is 11.3. The second-order valence-corrected chi connectivity index (χ2v) is 3.56. The standard InChI is InChI=1S/C9H17N5O/c1-7(5-9(10)13-15)11-6-8-3-4-14(2)12-8/h3-4,7,11,15H,5-6H2,1-2H3,(H2,10,13). The van der Waals surface area contributed by atoms with Crippen LogP contribution < -0.4 is 11.1 Å². The van der Waals surface area contributed by atoms with Crippen molar-refractivity contribution in [1.82, 2.24) is 15.1 Å². The molecule has 0 bridgehead atoms. The maximum Gasteiger partial charge on any atom is 0.140 e. The van der Waals surface area contributed by atoms with Gasteiger partial charge in [-0.25, -0.2) is 0 Å². The van der Waals surface area contributed by atoms with Crippen molar-refractivity contribution in [2.24, 2.45) is 17.9 Å². The van der Waals surface area contributed by atoms with Crippen LogP contribution in [0.4, 0.5) is 0 Å². The molecular weight excluding hydrogens is 194 g/mol. The summed E-state index contributed by atoms with van der Waals surface area (Å²) in [5.41, 5.74) is 6.36. The molecular formula is C9H17N5O. The molecule has 6 nitrogen and oxygen atoms in total. The van der Waals surface area contributed by atoms with Crippen molar-refractivity contribution < 1.29 is 5.21 Å². The summed E-state index contributed by atoms with van der Waals surface area (Å²) in [5, 5.41) is 18.8. The van der Waals surface area contributed by atoms with Crippen molar-refractivity contribution in [3.8, 4) is 0 Å². The number of oxime groups is 1. The van der Waals surface area contributed by atoms with Gasteiger partial charge in [-0.05, 0) is 13.0 Å². The quantitative estimate of drug-likeness (QED) is 0.277. The largest absolute Gasteiger partial charge is 0.409 e. The molecule has 1 atom stereocenters. The molecule has 84 valence electrons. The van der Waals surface area contributed by atoms with Crippen LogP contribution in [-0.2, 0) is 13.6 Å². The van der Waals surface area contributed by atoms with E-state index < -0.39 is 0 Å². The Morgan fingerprint density at radius 3 is 3.07 bits per heavy atom. The van der Waals surface area contributed by atoms with Gasteiger partial charge in [0.15, 0.2) is 0 Å². The van der Waals surface area contributed by atoms with Gasteiger partial charge in [-0.15, -0.1) is 0 Å². The number of aromatic nitrogens is 2. The van der Waals surface area contributed by atoms with Gasteiger partial charge in [0.1, 0.15) is 5.84 Å². The number of hydrogen-bond donors (Lipinski definition) is 3. The molecule has 0 aliphatic carbocycles. The molecule has 1 heterocycles. The van der Waals surface area contributed by atoms with Crippen molar-refractivity contribution in [1.29, 1.82) is 0 Å². The highest BCUT2D eigenvalue weighted by molar-refractivity contribution is 5.80. The zero-order valence-corrected chi connectivity index (χ0v) is 9.01. The molecule has 6 heteroatoms. The van der Waals surface area contributed by atoms with Crippen LogP contribution in [0.5, 0.6) is 0 Å². The van der Waals surface area contributed by atoms with Crippen LogP contribution in [0.2, 0.25) is 0 Å². The van der Waals surface area contributed by atoms with Gasteiger partial charge in [-0.3, -0.25) is 4.68 Å². The Kier molecular flexibility index (Phi) is 4.11. The van der Waals surface area contributed by atoms with Gasteiger partial charge in [-0.2, -0.15) is 5.10 Å². The SMILES string of the molecule is CC(C/C(N)=N/O)NCc1ccn(C)n1. The average molecular weight is 211 g/mol. The summed E-state index contributed by atoms with van der Waals surface area (Å²) in [4.78, 5) is 0. The normalized spacial score (nSPS) is 14.1. The summed E-state index contributed by atoms with van der Waals surface area (Å²) in [5.74, 6) is 0.232. The van der Waals surface area contributed by atoms with Crippen molar-refractivity contribution in [3.05, 3.63) is 18.0 Å². The molecule has 0 fully saturated rings. The predicted molar refractivity (Wildman–Crippen MR) is 57.5 cm³/mol. The second kappa shape index (κ2) is 5.35. The molecule has 0 aliphatic rings. The third-order valence-electron chi connectivity index (χ3n) is 2.04. The third-order valence-corrected chi connectivity index (χ3v) is 2.04. The van der Waals surface area contributed by atoms with E-state index in [0.29, 0.717) is 13.0 Å². The molecule has 1 rings (SSSR count). The number of rotatable bonds is 5. The molecule has 15 heavy (non-hydrogen) atoms. The van der Waals surface area contributed by atoms with Gasteiger partial charge in [0.25, 0.3) is 0 Å². The molecule has 0 saturated carbocycles. The number of nitrogens with two attached hydrogens (primary N) is 1. The van der Waals surface area contributed by atoms with Crippen LogP contribution in [0, 0.1) is 0 Å². The van der Waals surface area contributed by atoms with E-state index in [9.17, 15) is 0 Å². The van der Waals surface area contributed by atoms with Crippen molar-refractivity contribution >= 4 is 5.84 Å². The molecule has 0 radical (unpaired) electrons. The zero-order valence-electron chi connectivity index (χ0n) is 9.01. The van der Waals surface area contributed by atoms with Crippen LogP contribution in [0.1, 0.15) is 19.0 Å². The van der Waals surface area contributed by atoms with Gasteiger partial charge in [-0.1, -0.05) is 5.16 Å².